The molecule has 0 aliphatic rings. The Morgan fingerprint density at radius 1 is 1.56 bits per heavy atom. The smallest absolute Gasteiger partial charge is 0.153 e. The molecule has 0 unspecified atom stereocenters. The second-order valence-corrected chi connectivity index (χ2v) is 4.93. The molecule has 7 heteroatoms. The van der Waals surface area contributed by atoms with E-state index < -0.39 is 0 Å². The molecule has 0 amide bonds. The fourth-order valence-electron chi connectivity index (χ4n) is 1.79. The molecule has 0 aromatic carbocycles. The lowest BCUT2D eigenvalue weighted by Gasteiger charge is -2.16. The van der Waals surface area contributed by atoms with Crippen LogP contribution in [-0.4, -0.2) is 39.3 Å². The zero-order chi connectivity index (χ0) is 13.7. The van der Waals surface area contributed by atoms with Crippen LogP contribution in [0.15, 0.2) is 9.63 Å². The quantitative estimate of drug-likeness (QED) is 0.360. The first-order valence-electron chi connectivity index (χ1n) is 5.92. The average Bonchev–Trinajstić information content (AvgIpc) is 2.66. The molecular weight excluding hydrogens is 298 g/mol. The van der Waals surface area contributed by atoms with Crippen molar-refractivity contribution in [1.82, 2.24) is 14.7 Å². The van der Waals surface area contributed by atoms with Gasteiger partial charge in [0.1, 0.15) is 0 Å². The van der Waals surface area contributed by atoms with E-state index in [0.717, 1.165) is 28.8 Å². The zero-order valence-corrected chi connectivity index (χ0v) is 12.6. The molecule has 0 spiro atoms. The Hall–Kier alpha value is -1.08. The summed E-state index contributed by atoms with van der Waals surface area (Å²) in [5.41, 5.74) is 7.66. The monoisotopic (exact) mass is 317 g/mol. The summed E-state index contributed by atoms with van der Waals surface area (Å²) in [7, 11) is 1.92. The molecule has 1 rings (SSSR count). The molecule has 1 aromatic rings. The van der Waals surface area contributed by atoms with Crippen LogP contribution in [0.5, 0.6) is 0 Å². The van der Waals surface area contributed by atoms with E-state index in [2.05, 4.69) is 40.0 Å². The van der Waals surface area contributed by atoms with E-state index in [1.807, 2.05) is 16.6 Å². The number of aromatic nitrogens is 2. The normalized spacial score (nSPS) is 12.4. The average molecular weight is 318 g/mol. The highest BCUT2D eigenvalue weighted by Crippen LogP contribution is 2.23. The number of halogens is 1. The highest BCUT2D eigenvalue weighted by molar-refractivity contribution is 9.10. The van der Waals surface area contributed by atoms with Gasteiger partial charge in [0.25, 0.3) is 0 Å². The first-order valence-corrected chi connectivity index (χ1v) is 6.71. The van der Waals surface area contributed by atoms with E-state index in [1.165, 1.54) is 0 Å². The summed E-state index contributed by atoms with van der Waals surface area (Å²) in [6.45, 7) is 6.07. The topological polar surface area (TPSA) is 79.7 Å². The van der Waals surface area contributed by atoms with Gasteiger partial charge in [-0.2, -0.15) is 5.10 Å². The van der Waals surface area contributed by atoms with Crippen LogP contribution in [0.3, 0.4) is 0 Å². The van der Waals surface area contributed by atoms with E-state index >= 15 is 0 Å². The van der Waals surface area contributed by atoms with Gasteiger partial charge in [-0.15, -0.1) is 0 Å². The van der Waals surface area contributed by atoms with Crippen LogP contribution in [0.1, 0.15) is 25.2 Å². The predicted octanol–water partition coefficient (Wildman–Crippen LogP) is 1.41. The maximum Gasteiger partial charge on any atom is 0.153 e. The van der Waals surface area contributed by atoms with Crippen LogP contribution < -0.4 is 5.73 Å². The third-order valence-electron chi connectivity index (χ3n) is 2.67. The maximum absolute atomic E-state index is 8.56. The van der Waals surface area contributed by atoms with E-state index in [9.17, 15) is 0 Å². The molecule has 102 valence electrons. The van der Waals surface area contributed by atoms with Gasteiger partial charge in [-0.05, 0) is 36.3 Å². The lowest BCUT2D eigenvalue weighted by atomic mass is 10.3. The molecule has 0 aliphatic heterocycles. The third-order valence-corrected chi connectivity index (χ3v) is 3.59. The molecular formula is C11H20BrN5O. The second kappa shape index (κ2) is 6.75. The molecule has 1 heterocycles. The van der Waals surface area contributed by atoms with Crippen LogP contribution in [0.4, 0.5) is 0 Å². The van der Waals surface area contributed by atoms with Gasteiger partial charge in [0, 0.05) is 13.1 Å². The summed E-state index contributed by atoms with van der Waals surface area (Å²) in [6, 6.07) is 0. The molecule has 3 N–H and O–H groups in total. The van der Waals surface area contributed by atoms with Gasteiger partial charge in [-0.25, -0.2) is 0 Å². The fraction of sp³-hybridized carbons (Fsp3) is 0.636. The standard InChI is InChI=1S/C11H20BrN5O/c1-4-8-11(12)9(17(5-2)14-8)6-16(3)7-10(13)15-18/h18H,4-7H2,1-3H3,(H2,13,15). The predicted molar refractivity (Wildman–Crippen MR) is 74.7 cm³/mol. The Balaban J connectivity index is 2.86. The summed E-state index contributed by atoms with van der Waals surface area (Å²) in [4.78, 5) is 1.97. The van der Waals surface area contributed by atoms with Gasteiger partial charge in [-0.3, -0.25) is 9.58 Å². The first-order chi connectivity index (χ1) is 8.53. The van der Waals surface area contributed by atoms with Crippen molar-refractivity contribution in [2.24, 2.45) is 10.9 Å². The highest BCUT2D eigenvalue weighted by atomic mass is 79.9. The van der Waals surface area contributed by atoms with Gasteiger partial charge in [0.15, 0.2) is 5.84 Å². The minimum Gasteiger partial charge on any atom is -0.409 e. The van der Waals surface area contributed by atoms with Crippen molar-refractivity contribution in [3.8, 4) is 0 Å². The van der Waals surface area contributed by atoms with E-state index in [-0.39, 0.29) is 5.84 Å². The summed E-state index contributed by atoms with van der Waals surface area (Å²) >= 11 is 3.59. The maximum atomic E-state index is 8.56. The number of nitrogens with two attached hydrogens (primary N) is 1. The number of nitrogens with zero attached hydrogens (tertiary/aromatic N) is 4. The molecule has 18 heavy (non-hydrogen) atoms. The molecule has 0 fully saturated rings. The molecule has 0 saturated carbocycles. The molecule has 0 aliphatic carbocycles. The number of rotatable bonds is 6. The lowest BCUT2D eigenvalue weighted by Crippen LogP contribution is -2.31. The van der Waals surface area contributed by atoms with Crippen LogP contribution in [0, 0.1) is 0 Å². The minimum absolute atomic E-state index is 0.201. The summed E-state index contributed by atoms with van der Waals surface area (Å²) < 4.78 is 3.03. The lowest BCUT2D eigenvalue weighted by molar-refractivity contribution is 0.306. The number of aryl methyl sites for hydroxylation is 2. The Labute approximate surface area is 116 Å². The summed E-state index contributed by atoms with van der Waals surface area (Å²) in [6.07, 6.45) is 0.893. The molecule has 1 aromatic heterocycles. The van der Waals surface area contributed by atoms with E-state index in [0.29, 0.717) is 13.1 Å². The minimum atomic E-state index is 0.201. The SMILES string of the molecule is CCc1nn(CC)c(CN(C)CC(N)=NO)c1Br. The largest absolute Gasteiger partial charge is 0.409 e. The first kappa shape index (κ1) is 15.0. The third kappa shape index (κ3) is 3.46. The van der Waals surface area contributed by atoms with Gasteiger partial charge in [0.05, 0.1) is 22.4 Å². The Morgan fingerprint density at radius 3 is 2.72 bits per heavy atom. The number of likely N-dealkylation sites (N-methyl/N-ethyl adjacent to an activating group) is 1. The molecule has 0 radical (unpaired) electrons. The number of oxime groups is 1. The fourth-order valence-corrected chi connectivity index (χ4v) is 2.48. The molecule has 0 atom stereocenters. The van der Waals surface area contributed by atoms with Crippen molar-refractivity contribution in [1.29, 1.82) is 0 Å². The van der Waals surface area contributed by atoms with Gasteiger partial charge >= 0.3 is 0 Å². The van der Waals surface area contributed by atoms with Crippen molar-refractivity contribution in [3.63, 3.8) is 0 Å². The second-order valence-electron chi connectivity index (χ2n) is 4.14. The number of hydrogen-bond acceptors (Lipinski definition) is 4. The van der Waals surface area contributed by atoms with Crippen molar-refractivity contribution in [2.45, 2.75) is 33.4 Å². The van der Waals surface area contributed by atoms with Crippen molar-refractivity contribution >= 4 is 21.8 Å². The molecule has 6 nitrogen and oxygen atoms in total. The van der Waals surface area contributed by atoms with Gasteiger partial charge in [-0.1, -0.05) is 12.1 Å². The van der Waals surface area contributed by atoms with E-state index in [4.69, 9.17) is 10.9 Å². The van der Waals surface area contributed by atoms with Crippen molar-refractivity contribution < 1.29 is 5.21 Å². The number of hydrogen-bond donors (Lipinski definition) is 2. The van der Waals surface area contributed by atoms with Crippen LogP contribution in [-0.2, 0) is 19.5 Å². The summed E-state index contributed by atoms with van der Waals surface area (Å²) in [5, 5.41) is 16.1. The van der Waals surface area contributed by atoms with Crippen LogP contribution in [0.2, 0.25) is 0 Å². The Kier molecular flexibility index (Phi) is 5.61. The highest BCUT2D eigenvalue weighted by Gasteiger charge is 2.15. The Bertz CT molecular complexity index is 429. The number of amidine groups is 1. The van der Waals surface area contributed by atoms with Crippen LogP contribution >= 0.6 is 15.9 Å². The molecule has 0 bridgehead atoms. The van der Waals surface area contributed by atoms with Crippen LogP contribution in [0.25, 0.3) is 0 Å². The van der Waals surface area contributed by atoms with Gasteiger partial charge in [0.2, 0.25) is 0 Å². The van der Waals surface area contributed by atoms with Gasteiger partial charge < -0.3 is 10.9 Å². The van der Waals surface area contributed by atoms with Crippen molar-refractivity contribution in [3.05, 3.63) is 15.9 Å². The molecule has 0 saturated heterocycles. The summed E-state index contributed by atoms with van der Waals surface area (Å²) in [5.74, 6) is 0.201. The zero-order valence-electron chi connectivity index (χ0n) is 11.0. The Morgan fingerprint density at radius 2 is 2.22 bits per heavy atom. The van der Waals surface area contributed by atoms with Crippen molar-refractivity contribution in [2.75, 3.05) is 13.6 Å². The van der Waals surface area contributed by atoms with E-state index in [1.54, 1.807) is 0 Å².